The van der Waals surface area contributed by atoms with Gasteiger partial charge < -0.3 is 15.5 Å². The van der Waals surface area contributed by atoms with E-state index in [9.17, 15) is 4.79 Å². The lowest BCUT2D eigenvalue weighted by atomic mass is 9.96. The molecule has 0 aliphatic carbocycles. The zero-order chi connectivity index (χ0) is 20.6. The Morgan fingerprint density at radius 3 is 2.10 bits per heavy atom. The Hall–Kier alpha value is -2.53. The molecular formula is C25H34N4O. The van der Waals surface area contributed by atoms with E-state index in [1.165, 1.54) is 11.3 Å². The maximum atomic E-state index is 12.3. The quantitative estimate of drug-likeness (QED) is 0.737. The van der Waals surface area contributed by atoms with Crippen molar-refractivity contribution in [3.8, 4) is 0 Å². The Bertz CT molecular complexity index is 774. The third-order valence-electron chi connectivity index (χ3n) is 6.47. The molecule has 5 nitrogen and oxygen atoms in total. The van der Waals surface area contributed by atoms with Gasteiger partial charge in [-0.25, -0.2) is 4.79 Å². The van der Waals surface area contributed by atoms with Crippen LogP contribution in [0, 0.1) is 11.8 Å². The summed E-state index contributed by atoms with van der Waals surface area (Å²) < 4.78 is 0. The van der Waals surface area contributed by atoms with Crippen molar-refractivity contribution in [3.63, 3.8) is 0 Å². The molecule has 4 rings (SSSR count). The van der Waals surface area contributed by atoms with Gasteiger partial charge in [0.1, 0.15) is 0 Å². The molecule has 0 unspecified atom stereocenters. The van der Waals surface area contributed by atoms with Crippen LogP contribution in [-0.2, 0) is 6.54 Å². The summed E-state index contributed by atoms with van der Waals surface area (Å²) in [5.74, 6) is 1.11. The van der Waals surface area contributed by atoms with Crippen LogP contribution < -0.4 is 15.5 Å². The van der Waals surface area contributed by atoms with Crippen LogP contribution in [0.3, 0.4) is 0 Å². The van der Waals surface area contributed by atoms with Gasteiger partial charge in [-0.15, -0.1) is 0 Å². The van der Waals surface area contributed by atoms with Crippen LogP contribution in [0.2, 0.25) is 0 Å². The predicted octanol–water partition coefficient (Wildman–Crippen LogP) is 3.72. The Kier molecular flexibility index (Phi) is 7.25. The maximum absolute atomic E-state index is 12.3. The molecule has 2 aromatic rings. The molecule has 2 fully saturated rings. The summed E-state index contributed by atoms with van der Waals surface area (Å²) >= 11 is 0. The van der Waals surface area contributed by atoms with Crippen LogP contribution in [0.25, 0.3) is 0 Å². The molecule has 5 heteroatoms. The van der Waals surface area contributed by atoms with E-state index < -0.39 is 0 Å². The number of likely N-dealkylation sites (tertiary alicyclic amines) is 1. The van der Waals surface area contributed by atoms with Crippen LogP contribution in [0.1, 0.15) is 24.8 Å². The zero-order valence-corrected chi connectivity index (χ0v) is 17.8. The largest absolute Gasteiger partial charge is 0.371 e. The van der Waals surface area contributed by atoms with Crippen molar-refractivity contribution in [1.29, 1.82) is 0 Å². The molecule has 0 spiro atoms. The summed E-state index contributed by atoms with van der Waals surface area (Å²) in [6, 6.07) is 21.2. The summed E-state index contributed by atoms with van der Waals surface area (Å²) in [7, 11) is 0. The first kappa shape index (κ1) is 20.7. The van der Waals surface area contributed by atoms with Crippen LogP contribution in [0.4, 0.5) is 10.5 Å². The lowest BCUT2D eigenvalue weighted by Crippen LogP contribution is -2.43. The SMILES string of the molecule is O=C(NCC1CCN(Cc2ccccc2)CC1)NC[C@@H]1CCN(c2ccccc2)C1. The Labute approximate surface area is 180 Å². The summed E-state index contributed by atoms with van der Waals surface area (Å²) in [6.45, 7) is 6.88. The van der Waals surface area contributed by atoms with Gasteiger partial charge in [-0.3, -0.25) is 4.90 Å². The highest BCUT2D eigenvalue weighted by atomic mass is 16.2. The van der Waals surface area contributed by atoms with E-state index in [2.05, 4.69) is 81.1 Å². The van der Waals surface area contributed by atoms with Crippen molar-refractivity contribution in [2.24, 2.45) is 11.8 Å². The van der Waals surface area contributed by atoms with E-state index in [-0.39, 0.29) is 6.03 Å². The summed E-state index contributed by atoms with van der Waals surface area (Å²) in [5, 5.41) is 6.19. The second-order valence-corrected chi connectivity index (χ2v) is 8.73. The molecule has 30 heavy (non-hydrogen) atoms. The fourth-order valence-electron chi connectivity index (χ4n) is 4.60. The minimum absolute atomic E-state index is 0.0140. The van der Waals surface area contributed by atoms with Gasteiger partial charge in [-0.2, -0.15) is 0 Å². The third-order valence-corrected chi connectivity index (χ3v) is 6.47. The minimum Gasteiger partial charge on any atom is -0.371 e. The molecule has 0 radical (unpaired) electrons. The highest BCUT2D eigenvalue weighted by molar-refractivity contribution is 5.73. The molecule has 2 amide bonds. The monoisotopic (exact) mass is 406 g/mol. The Balaban J connectivity index is 1.09. The number of carbonyl (C=O) groups excluding carboxylic acids is 1. The van der Waals surface area contributed by atoms with E-state index >= 15 is 0 Å². The number of hydrogen-bond donors (Lipinski definition) is 2. The highest BCUT2D eigenvalue weighted by Gasteiger charge is 2.23. The van der Waals surface area contributed by atoms with Gasteiger partial charge >= 0.3 is 6.03 Å². The molecule has 160 valence electrons. The van der Waals surface area contributed by atoms with Gasteiger partial charge in [0.25, 0.3) is 0 Å². The highest BCUT2D eigenvalue weighted by Crippen LogP contribution is 2.23. The molecule has 0 aromatic heterocycles. The molecule has 2 heterocycles. The number of benzene rings is 2. The molecule has 2 aliphatic rings. The van der Waals surface area contributed by atoms with Crippen LogP contribution in [0.5, 0.6) is 0 Å². The van der Waals surface area contributed by atoms with Crippen molar-refractivity contribution < 1.29 is 4.79 Å². The second-order valence-electron chi connectivity index (χ2n) is 8.73. The van der Waals surface area contributed by atoms with E-state index in [0.29, 0.717) is 11.8 Å². The number of nitrogens with zero attached hydrogens (tertiary/aromatic N) is 2. The first-order chi connectivity index (χ1) is 14.8. The summed E-state index contributed by atoms with van der Waals surface area (Å²) in [4.78, 5) is 17.2. The number of amides is 2. The van der Waals surface area contributed by atoms with Gasteiger partial charge in [0.2, 0.25) is 0 Å². The van der Waals surface area contributed by atoms with Crippen molar-refractivity contribution in [3.05, 3.63) is 66.2 Å². The first-order valence-corrected chi connectivity index (χ1v) is 11.3. The number of hydrogen-bond acceptors (Lipinski definition) is 3. The lowest BCUT2D eigenvalue weighted by Gasteiger charge is -2.32. The minimum atomic E-state index is -0.0140. The van der Waals surface area contributed by atoms with E-state index in [0.717, 1.165) is 65.1 Å². The van der Waals surface area contributed by atoms with E-state index in [1.807, 2.05) is 0 Å². The Morgan fingerprint density at radius 1 is 0.800 bits per heavy atom. The van der Waals surface area contributed by atoms with Crippen molar-refractivity contribution in [2.45, 2.75) is 25.8 Å². The van der Waals surface area contributed by atoms with Crippen molar-refractivity contribution in [1.82, 2.24) is 15.5 Å². The van der Waals surface area contributed by atoms with Crippen LogP contribution >= 0.6 is 0 Å². The summed E-state index contributed by atoms with van der Waals surface area (Å²) in [6.07, 6.45) is 3.44. The molecule has 0 bridgehead atoms. The lowest BCUT2D eigenvalue weighted by molar-refractivity contribution is 0.174. The van der Waals surface area contributed by atoms with E-state index in [4.69, 9.17) is 0 Å². The van der Waals surface area contributed by atoms with Crippen molar-refractivity contribution >= 4 is 11.7 Å². The third kappa shape index (κ3) is 5.99. The number of piperidine rings is 1. The topological polar surface area (TPSA) is 47.6 Å². The number of para-hydroxylation sites is 1. The number of rotatable bonds is 7. The molecule has 2 N–H and O–H groups in total. The average molecular weight is 407 g/mol. The number of nitrogens with one attached hydrogen (secondary N) is 2. The molecule has 0 saturated carbocycles. The predicted molar refractivity (Wildman–Crippen MR) is 123 cm³/mol. The first-order valence-electron chi connectivity index (χ1n) is 11.3. The normalized spacial score (nSPS) is 20.3. The van der Waals surface area contributed by atoms with Gasteiger partial charge in [-0.05, 0) is 61.9 Å². The molecule has 2 saturated heterocycles. The van der Waals surface area contributed by atoms with E-state index in [1.54, 1.807) is 0 Å². The van der Waals surface area contributed by atoms with Gasteiger partial charge in [0.15, 0.2) is 0 Å². The molecular weight excluding hydrogens is 372 g/mol. The van der Waals surface area contributed by atoms with Crippen LogP contribution in [0.15, 0.2) is 60.7 Å². The maximum Gasteiger partial charge on any atom is 0.314 e. The smallest absolute Gasteiger partial charge is 0.314 e. The molecule has 1 atom stereocenters. The fourth-order valence-corrected chi connectivity index (χ4v) is 4.60. The van der Waals surface area contributed by atoms with Crippen molar-refractivity contribution in [2.75, 3.05) is 44.2 Å². The molecule has 2 aromatic carbocycles. The summed E-state index contributed by atoms with van der Waals surface area (Å²) in [5.41, 5.74) is 2.66. The second kappa shape index (κ2) is 10.5. The number of carbonyl (C=O) groups is 1. The standard InChI is InChI=1S/C25H34N4O/c30-25(27-18-23-13-16-29(20-23)24-9-5-2-6-10-24)26-17-21-11-14-28(15-12-21)19-22-7-3-1-4-8-22/h1-10,21,23H,11-20H2,(H2,26,27,30)/t23-/m0/s1. The zero-order valence-electron chi connectivity index (χ0n) is 17.8. The average Bonchev–Trinajstić information content (AvgIpc) is 3.28. The van der Waals surface area contributed by atoms with Gasteiger partial charge in [-0.1, -0.05) is 48.5 Å². The van der Waals surface area contributed by atoms with Crippen LogP contribution in [-0.4, -0.2) is 50.2 Å². The number of anilines is 1. The van der Waals surface area contributed by atoms with Gasteiger partial charge in [0, 0.05) is 38.4 Å². The van der Waals surface area contributed by atoms with Gasteiger partial charge in [0.05, 0.1) is 0 Å². The fraction of sp³-hybridized carbons (Fsp3) is 0.480. The number of urea groups is 1. The Morgan fingerprint density at radius 2 is 1.40 bits per heavy atom. The molecule has 2 aliphatic heterocycles.